The summed E-state index contributed by atoms with van der Waals surface area (Å²) in [5.74, 6) is -0.853. The highest BCUT2D eigenvalue weighted by molar-refractivity contribution is 7.89. The molecule has 1 N–H and O–H groups in total. The summed E-state index contributed by atoms with van der Waals surface area (Å²) in [5.41, 5.74) is 1.41. The second-order valence-corrected chi connectivity index (χ2v) is 13.9. The van der Waals surface area contributed by atoms with E-state index in [1.807, 2.05) is 52.1 Å². The lowest BCUT2D eigenvalue weighted by atomic mass is 9.91. The third-order valence-electron chi connectivity index (χ3n) is 8.41. The van der Waals surface area contributed by atoms with E-state index in [9.17, 15) is 23.1 Å². The van der Waals surface area contributed by atoms with Gasteiger partial charge in [-0.05, 0) is 68.5 Å². The molecule has 4 rings (SSSR count). The van der Waals surface area contributed by atoms with E-state index in [2.05, 4.69) is 4.90 Å². The van der Waals surface area contributed by atoms with Gasteiger partial charge in [-0.3, -0.25) is 4.79 Å². The molecule has 3 heterocycles. The van der Waals surface area contributed by atoms with Crippen LogP contribution < -0.4 is 0 Å². The fraction of sp³-hybridized carbons (Fsp3) is 0.613. The van der Waals surface area contributed by atoms with E-state index in [1.165, 1.54) is 4.31 Å². The fourth-order valence-corrected chi connectivity index (χ4v) is 6.99. The van der Waals surface area contributed by atoms with Gasteiger partial charge in [-0.1, -0.05) is 38.1 Å². The van der Waals surface area contributed by atoms with Crippen LogP contribution >= 0.6 is 0 Å². The topological polar surface area (TPSA) is 117 Å². The molecule has 2 saturated heterocycles. The summed E-state index contributed by atoms with van der Waals surface area (Å²) in [6.07, 6.45) is 4.89. The summed E-state index contributed by atoms with van der Waals surface area (Å²) in [6.45, 7) is 9.60. The Hall–Kier alpha value is -2.73. The Labute approximate surface area is 250 Å². The Morgan fingerprint density at radius 3 is 2.45 bits per heavy atom. The van der Waals surface area contributed by atoms with Crippen LogP contribution in [0.25, 0.3) is 6.08 Å². The molecule has 10 nitrogen and oxygen atoms in total. The first-order chi connectivity index (χ1) is 19.9. The molecule has 0 radical (unpaired) electrons. The van der Waals surface area contributed by atoms with Crippen LogP contribution in [0.15, 0.2) is 46.9 Å². The number of benzene rings is 1. The van der Waals surface area contributed by atoms with Gasteiger partial charge in [0, 0.05) is 45.2 Å². The minimum atomic E-state index is -3.54. The molecule has 42 heavy (non-hydrogen) atoms. The predicted molar refractivity (Wildman–Crippen MR) is 160 cm³/mol. The zero-order valence-electron chi connectivity index (χ0n) is 25.1. The summed E-state index contributed by atoms with van der Waals surface area (Å²) < 4.78 is 39.1. The number of ether oxygens (including phenoxy) is 2. The first-order valence-corrected chi connectivity index (χ1v) is 16.4. The first kappa shape index (κ1) is 32.2. The highest BCUT2D eigenvalue weighted by Gasteiger charge is 2.31. The van der Waals surface area contributed by atoms with Gasteiger partial charge in [0.15, 0.2) is 0 Å². The van der Waals surface area contributed by atoms with E-state index >= 15 is 0 Å². The number of rotatable bonds is 5. The van der Waals surface area contributed by atoms with Crippen LogP contribution in [0.5, 0.6) is 0 Å². The van der Waals surface area contributed by atoms with Crippen molar-refractivity contribution in [3.63, 3.8) is 0 Å². The molecule has 0 spiro atoms. The summed E-state index contributed by atoms with van der Waals surface area (Å²) in [5, 5.41) is 10.6. The van der Waals surface area contributed by atoms with Gasteiger partial charge in [-0.25, -0.2) is 13.2 Å². The van der Waals surface area contributed by atoms with Crippen molar-refractivity contribution in [3.8, 4) is 0 Å². The van der Waals surface area contributed by atoms with E-state index in [4.69, 9.17) is 9.47 Å². The third kappa shape index (κ3) is 8.21. The number of piperazine rings is 1. The Morgan fingerprint density at radius 2 is 1.79 bits per heavy atom. The fourth-order valence-electron chi connectivity index (χ4n) is 5.42. The maximum Gasteiger partial charge on any atom is 0.410 e. The zero-order chi connectivity index (χ0) is 30.4. The van der Waals surface area contributed by atoms with Crippen molar-refractivity contribution < 1.29 is 32.6 Å². The molecule has 2 fully saturated rings. The molecule has 11 heteroatoms. The van der Waals surface area contributed by atoms with Crippen molar-refractivity contribution in [1.82, 2.24) is 14.1 Å². The molecule has 1 aromatic rings. The number of amides is 1. The Bertz CT molecular complexity index is 1270. The molecule has 0 aromatic heterocycles. The molecular formula is C31H45N3O7S. The molecule has 1 amide bonds. The summed E-state index contributed by atoms with van der Waals surface area (Å²) >= 11 is 0. The molecule has 0 saturated carbocycles. The maximum absolute atomic E-state index is 13.0. The predicted octanol–water partition coefficient (Wildman–Crippen LogP) is 3.52. The van der Waals surface area contributed by atoms with Crippen LogP contribution in [0.3, 0.4) is 0 Å². The Balaban J connectivity index is 1.56. The van der Waals surface area contributed by atoms with E-state index < -0.39 is 34.3 Å². The number of sulfonamides is 1. The largest absolute Gasteiger partial charge is 0.457 e. The van der Waals surface area contributed by atoms with Gasteiger partial charge in [-0.15, -0.1) is 0 Å². The van der Waals surface area contributed by atoms with Crippen molar-refractivity contribution >= 4 is 28.2 Å². The van der Waals surface area contributed by atoms with Gasteiger partial charge in [0.05, 0.1) is 17.4 Å². The van der Waals surface area contributed by atoms with Crippen LogP contribution in [0.2, 0.25) is 0 Å². The molecule has 0 bridgehead atoms. The number of carbonyl (C=O) groups is 2. The van der Waals surface area contributed by atoms with Crippen molar-refractivity contribution in [2.24, 2.45) is 11.8 Å². The number of esters is 1. The third-order valence-corrected chi connectivity index (χ3v) is 10.3. The van der Waals surface area contributed by atoms with Crippen LogP contribution in [-0.2, 0) is 24.3 Å². The number of hydrogen-bond donors (Lipinski definition) is 1. The molecular weight excluding hydrogens is 558 g/mol. The average Bonchev–Trinajstić information content (AvgIpc) is 2.91. The second-order valence-electron chi connectivity index (χ2n) is 11.9. The monoisotopic (exact) mass is 603 g/mol. The van der Waals surface area contributed by atoms with Gasteiger partial charge >= 0.3 is 12.1 Å². The highest BCUT2D eigenvalue weighted by atomic mass is 32.2. The smallest absolute Gasteiger partial charge is 0.410 e. The number of aliphatic hydroxyl groups is 1. The van der Waals surface area contributed by atoms with Crippen molar-refractivity contribution in [3.05, 3.63) is 47.6 Å². The second kappa shape index (κ2) is 14.2. The highest BCUT2D eigenvalue weighted by Crippen LogP contribution is 2.27. The van der Waals surface area contributed by atoms with Crippen molar-refractivity contribution in [1.29, 1.82) is 0 Å². The standard InChI is InChI=1S/C31H45N3O7S/c1-22-9-11-26(35)21-29(36)41-30(23(2)10-12-28(22)40-31(37)33-17-15-32(4)16-18-33)24(3)19-25-7-5-8-27(20-25)42(38,39)34-13-6-14-34/h5,7-8,10,12,19-20,22-23,26,28,30,35H,6,9,11,13-18,21H2,1-4H3/b12-10+,24-19+/t22-,23-,26+,28-,30-/m0/s1. The van der Waals surface area contributed by atoms with Crippen LogP contribution in [0.1, 0.15) is 52.0 Å². The lowest BCUT2D eigenvalue weighted by Gasteiger charge is -2.33. The van der Waals surface area contributed by atoms with E-state index in [0.29, 0.717) is 44.6 Å². The van der Waals surface area contributed by atoms with Gasteiger partial charge in [-0.2, -0.15) is 4.31 Å². The summed E-state index contributed by atoms with van der Waals surface area (Å²) in [6, 6.07) is 6.75. The molecule has 3 aliphatic rings. The van der Waals surface area contributed by atoms with Crippen molar-refractivity contribution in [2.45, 2.75) is 69.7 Å². The molecule has 5 atom stereocenters. The summed E-state index contributed by atoms with van der Waals surface area (Å²) in [7, 11) is -1.51. The maximum atomic E-state index is 13.0. The van der Waals surface area contributed by atoms with Gasteiger partial charge in [0.1, 0.15) is 12.2 Å². The number of likely N-dealkylation sites (N-methyl/N-ethyl adjacent to an activating group) is 1. The van der Waals surface area contributed by atoms with E-state index in [0.717, 1.165) is 25.1 Å². The first-order valence-electron chi connectivity index (χ1n) is 14.9. The van der Waals surface area contributed by atoms with E-state index in [-0.39, 0.29) is 29.2 Å². The number of aliphatic hydroxyl groups excluding tert-OH is 1. The number of cyclic esters (lactones) is 1. The van der Waals surface area contributed by atoms with E-state index in [1.54, 1.807) is 23.1 Å². The molecule has 232 valence electrons. The molecule has 0 unspecified atom stereocenters. The summed E-state index contributed by atoms with van der Waals surface area (Å²) in [4.78, 5) is 29.9. The van der Waals surface area contributed by atoms with Crippen molar-refractivity contribution in [2.75, 3.05) is 46.3 Å². The quantitative estimate of drug-likeness (QED) is 0.402. The Kier molecular flexibility index (Phi) is 10.9. The number of hydrogen-bond acceptors (Lipinski definition) is 8. The SMILES string of the molecule is C/C(=C\c1cccc(S(=O)(=O)N2CCC2)c1)[C@H]1OC(=O)C[C@H](O)CC[C@H](C)[C@@H](OC(=O)N2CCN(C)CC2)/C=C/[C@@H]1C. The van der Waals surface area contributed by atoms with Gasteiger partial charge in [0.2, 0.25) is 10.0 Å². The minimum Gasteiger partial charge on any atom is -0.457 e. The zero-order valence-corrected chi connectivity index (χ0v) is 26.0. The average molecular weight is 604 g/mol. The van der Waals surface area contributed by atoms with Crippen LogP contribution in [0.4, 0.5) is 4.79 Å². The molecule has 3 aliphatic heterocycles. The van der Waals surface area contributed by atoms with Gasteiger partial charge in [0.25, 0.3) is 0 Å². The molecule has 1 aromatic carbocycles. The number of carbonyl (C=O) groups excluding carboxylic acids is 2. The lowest BCUT2D eigenvalue weighted by Crippen LogP contribution is -2.48. The normalized spacial score (nSPS) is 29.9. The minimum absolute atomic E-state index is 0.0684. The van der Waals surface area contributed by atoms with Crippen LogP contribution in [0, 0.1) is 11.8 Å². The van der Waals surface area contributed by atoms with Crippen LogP contribution in [-0.4, -0.2) is 104 Å². The number of nitrogens with zero attached hydrogens (tertiary/aromatic N) is 3. The Morgan fingerprint density at radius 1 is 1.07 bits per heavy atom. The van der Waals surface area contributed by atoms with Gasteiger partial charge < -0.3 is 24.4 Å². The molecule has 0 aliphatic carbocycles. The lowest BCUT2D eigenvalue weighted by molar-refractivity contribution is -0.151.